The van der Waals surface area contributed by atoms with E-state index in [1.807, 2.05) is 4.57 Å². The summed E-state index contributed by atoms with van der Waals surface area (Å²) in [5.41, 5.74) is 0. The molecule has 2 aromatic rings. The fourth-order valence-electron chi connectivity index (χ4n) is 1.47. The lowest BCUT2D eigenvalue weighted by molar-refractivity contribution is -0.114. The molecule has 0 aromatic carbocycles. The van der Waals surface area contributed by atoms with E-state index in [-0.39, 0.29) is 21.9 Å². The van der Waals surface area contributed by atoms with Gasteiger partial charge in [-0.3, -0.25) is 4.79 Å². The molecule has 0 fully saturated rings. The molecular weight excluding hydrogens is 316 g/mol. The van der Waals surface area contributed by atoms with Crippen LogP contribution in [0.4, 0.5) is 5.13 Å². The Kier molecular flexibility index (Phi) is 4.98. The van der Waals surface area contributed by atoms with Gasteiger partial charge in [0.2, 0.25) is 15.4 Å². The van der Waals surface area contributed by atoms with Crippen molar-refractivity contribution in [3.63, 3.8) is 0 Å². The molecule has 0 radical (unpaired) electrons. The van der Waals surface area contributed by atoms with Crippen LogP contribution in [0.15, 0.2) is 23.1 Å². The summed E-state index contributed by atoms with van der Waals surface area (Å²) in [5.74, 6) is -0.330. The Morgan fingerprint density at radius 2 is 2.24 bits per heavy atom. The van der Waals surface area contributed by atoms with Crippen LogP contribution in [0.3, 0.4) is 0 Å². The maximum atomic E-state index is 12.0. The van der Waals surface area contributed by atoms with Crippen LogP contribution in [0.5, 0.6) is 0 Å². The van der Waals surface area contributed by atoms with Crippen LogP contribution in [-0.2, 0) is 21.4 Å². The van der Waals surface area contributed by atoms with Crippen LogP contribution in [0.1, 0.15) is 13.3 Å². The van der Waals surface area contributed by atoms with Gasteiger partial charge in [0.25, 0.3) is 10.0 Å². The van der Waals surface area contributed by atoms with Crippen molar-refractivity contribution in [3.05, 3.63) is 18.7 Å². The molecule has 0 saturated carbocycles. The monoisotopic (exact) mass is 330 g/mol. The summed E-state index contributed by atoms with van der Waals surface area (Å²) in [4.78, 5) is 14.7. The zero-order chi connectivity index (χ0) is 15.3. The molecule has 0 spiro atoms. The molecule has 9 nitrogen and oxygen atoms in total. The minimum absolute atomic E-state index is 0.154. The second-order valence-electron chi connectivity index (χ2n) is 4.11. The van der Waals surface area contributed by atoms with Gasteiger partial charge in [0, 0.05) is 32.4 Å². The number of nitrogens with zero attached hydrogens (tertiary/aromatic N) is 4. The number of imidazole rings is 1. The average molecular weight is 330 g/mol. The van der Waals surface area contributed by atoms with E-state index in [1.54, 1.807) is 18.7 Å². The van der Waals surface area contributed by atoms with Crippen molar-refractivity contribution in [2.45, 2.75) is 24.2 Å². The third-order valence-corrected chi connectivity index (χ3v) is 5.03. The predicted molar refractivity (Wildman–Crippen MR) is 76.2 cm³/mol. The number of carbonyl (C=O) groups excluding carboxylic acids is 1. The molecule has 0 bridgehead atoms. The minimum atomic E-state index is -3.70. The summed E-state index contributed by atoms with van der Waals surface area (Å²) in [6.45, 7) is 2.25. The molecule has 0 unspecified atom stereocenters. The van der Waals surface area contributed by atoms with Gasteiger partial charge in [-0.25, -0.2) is 18.1 Å². The van der Waals surface area contributed by atoms with E-state index in [2.05, 4.69) is 25.2 Å². The number of anilines is 1. The van der Waals surface area contributed by atoms with Crippen LogP contribution in [0.2, 0.25) is 0 Å². The predicted octanol–water partition coefficient (Wildman–Crippen LogP) is 0.0616. The van der Waals surface area contributed by atoms with Crippen molar-refractivity contribution in [3.8, 4) is 0 Å². The van der Waals surface area contributed by atoms with Crippen molar-refractivity contribution in [2.75, 3.05) is 11.9 Å². The van der Waals surface area contributed by atoms with E-state index in [0.29, 0.717) is 13.0 Å². The first kappa shape index (κ1) is 15.5. The highest BCUT2D eigenvalue weighted by atomic mass is 32.2. The fraction of sp³-hybridized carbons (Fsp3) is 0.400. The van der Waals surface area contributed by atoms with Crippen LogP contribution >= 0.6 is 11.3 Å². The molecule has 2 N–H and O–H groups in total. The van der Waals surface area contributed by atoms with Crippen molar-refractivity contribution >= 4 is 32.4 Å². The lowest BCUT2D eigenvalue weighted by atomic mass is 10.4. The van der Waals surface area contributed by atoms with Crippen LogP contribution in [0.25, 0.3) is 0 Å². The molecule has 0 saturated heterocycles. The molecule has 114 valence electrons. The number of aryl methyl sites for hydroxylation is 1. The van der Waals surface area contributed by atoms with Crippen LogP contribution < -0.4 is 10.0 Å². The molecule has 0 aliphatic heterocycles. The normalized spacial score (nSPS) is 11.5. The number of aromatic nitrogens is 4. The zero-order valence-corrected chi connectivity index (χ0v) is 12.8. The Morgan fingerprint density at radius 1 is 1.43 bits per heavy atom. The van der Waals surface area contributed by atoms with Crippen molar-refractivity contribution in [2.24, 2.45) is 0 Å². The van der Waals surface area contributed by atoms with E-state index < -0.39 is 10.0 Å². The number of amides is 1. The number of hydrogen-bond donors (Lipinski definition) is 2. The molecule has 2 heterocycles. The lowest BCUT2D eigenvalue weighted by Gasteiger charge is -2.04. The molecule has 21 heavy (non-hydrogen) atoms. The highest BCUT2D eigenvalue weighted by Gasteiger charge is 2.19. The fourth-order valence-corrected chi connectivity index (χ4v) is 3.53. The Bertz CT molecular complexity index is 694. The molecule has 2 aromatic heterocycles. The van der Waals surface area contributed by atoms with Crippen molar-refractivity contribution in [1.82, 2.24) is 24.5 Å². The van der Waals surface area contributed by atoms with Gasteiger partial charge in [0.1, 0.15) is 0 Å². The summed E-state index contributed by atoms with van der Waals surface area (Å²) in [5, 5.41) is 9.69. The van der Waals surface area contributed by atoms with E-state index in [4.69, 9.17) is 0 Å². The van der Waals surface area contributed by atoms with E-state index in [0.717, 1.165) is 11.3 Å². The Morgan fingerprint density at radius 3 is 2.90 bits per heavy atom. The first-order chi connectivity index (χ1) is 9.97. The van der Waals surface area contributed by atoms with E-state index in [9.17, 15) is 13.2 Å². The molecule has 0 atom stereocenters. The number of hydrogen-bond acceptors (Lipinski definition) is 7. The van der Waals surface area contributed by atoms with Gasteiger partial charge in [-0.2, -0.15) is 0 Å². The largest absolute Gasteiger partial charge is 0.337 e. The maximum absolute atomic E-state index is 12.0. The molecule has 0 aliphatic carbocycles. The highest BCUT2D eigenvalue weighted by molar-refractivity contribution is 7.91. The van der Waals surface area contributed by atoms with Gasteiger partial charge in [-0.05, 0) is 6.42 Å². The maximum Gasteiger partial charge on any atom is 0.269 e. The second kappa shape index (κ2) is 6.74. The van der Waals surface area contributed by atoms with Crippen molar-refractivity contribution < 1.29 is 13.2 Å². The molecule has 2 rings (SSSR count). The number of carbonyl (C=O) groups is 1. The van der Waals surface area contributed by atoms with Gasteiger partial charge in [-0.1, -0.05) is 11.3 Å². The first-order valence-electron chi connectivity index (χ1n) is 6.04. The third kappa shape index (κ3) is 4.58. The summed E-state index contributed by atoms with van der Waals surface area (Å²) < 4.78 is 28.0. The molecule has 0 aliphatic rings. The van der Waals surface area contributed by atoms with Crippen LogP contribution in [0, 0.1) is 0 Å². The smallest absolute Gasteiger partial charge is 0.269 e. The summed E-state index contributed by atoms with van der Waals surface area (Å²) in [6.07, 6.45) is 5.75. The number of nitrogens with one attached hydrogen (secondary N) is 2. The summed E-state index contributed by atoms with van der Waals surface area (Å²) in [7, 11) is -3.70. The SMILES string of the molecule is CC(=O)Nc1nnc(S(=O)(=O)NCCCn2ccnc2)s1. The minimum Gasteiger partial charge on any atom is -0.337 e. The highest BCUT2D eigenvalue weighted by Crippen LogP contribution is 2.19. The quantitative estimate of drug-likeness (QED) is 0.547. The Hall–Kier alpha value is -1.85. The van der Waals surface area contributed by atoms with Gasteiger partial charge >= 0.3 is 0 Å². The number of sulfonamides is 1. The summed E-state index contributed by atoms with van der Waals surface area (Å²) in [6, 6.07) is 0. The molecule has 11 heteroatoms. The van der Waals surface area contributed by atoms with Gasteiger partial charge in [0.15, 0.2) is 0 Å². The van der Waals surface area contributed by atoms with Gasteiger partial charge < -0.3 is 9.88 Å². The number of rotatable bonds is 7. The average Bonchev–Trinajstić information content (AvgIpc) is 3.05. The standard InChI is InChI=1S/C10H14N6O3S2/c1-8(17)13-9-14-15-10(20-9)21(18,19)12-3-2-5-16-6-4-11-7-16/h4,6-7,12H,2-3,5H2,1H3,(H,13,14,17). The summed E-state index contributed by atoms with van der Waals surface area (Å²) >= 11 is 0.804. The van der Waals surface area contributed by atoms with Gasteiger partial charge in [-0.15, -0.1) is 10.2 Å². The molecular formula is C10H14N6O3S2. The van der Waals surface area contributed by atoms with E-state index >= 15 is 0 Å². The van der Waals surface area contributed by atoms with E-state index in [1.165, 1.54) is 6.92 Å². The zero-order valence-electron chi connectivity index (χ0n) is 11.2. The topological polar surface area (TPSA) is 119 Å². The van der Waals surface area contributed by atoms with Crippen LogP contribution in [-0.4, -0.2) is 40.6 Å². The second-order valence-corrected chi connectivity index (χ2v) is 7.02. The Labute approximate surface area is 125 Å². The van der Waals surface area contributed by atoms with Crippen molar-refractivity contribution in [1.29, 1.82) is 0 Å². The lowest BCUT2D eigenvalue weighted by Crippen LogP contribution is -2.25. The first-order valence-corrected chi connectivity index (χ1v) is 8.34. The Balaban J connectivity index is 1.86. The molecule has 1 amide bonds. The third-order valence-electron chi connectivity index (χ3n) is 2.36. The van der Waals surface area contributed by atoms with Gasteiger partial charge in [0.05, 0.1) is 6.33 Å².